The number of fused-ring (bicyclic) bond motifs is 1. The van der Waals surface area contributed by atoms with Gasteiger partial charge in [-0.3, -0.25) is 0 Å². The lowest BCUT2D eigenvalue weighted by Gasteiger charge is -2.44. The highest BCUT2D eigenvalue weighted by atomic mass is 32.2. The average Bonchev–Trinajstić information content (AvgIpc) is 3.03. The summed E-state index contributed by atoms with van der Waals surface area (Å²) in [5.41, 5.74) is 4.24. The number of hydrogen-bond donors (Lipinski definition) is 1. The van der Waals surface area contributed by atoms with Crippen LogP contribution in [0.2, 0.25) is 0 Å². The van der Waals surface area contributed by atoms with Crippen molar-refractivity contribution in [2.24, 2.45) is 23.2 Å². The topological polar surface area (TPSA) is 54.4 Å². The van der Waals surface area contributed by atoms with Gasteiger partial charge in [0.2, 0.25) is 0 Å². The molecule has 0 aromatic carbocycles. The van der Waals surface area contributed by atoms with Crippen molar-refractivity contribution in [1.82, 2.24) is 0 Å². The second-order valence-corrected chi connectivity index (χ2v) is 12.7. The third kappa shape index (κ3) is 5.02. The standard InChI is InChI=1S/C26H40O3S/c1-18-9-13-23(27)17-22(18)12-11-21-7-6-16-26(4)24(14-15-25(21)26)19(2)8-10-20(3)30(5,28)29/h8,10-12,19-20,23-25,27H,1,6-7,9,13-17H2,2-5H3/b10-8+,21-11+,22-12-/t19?,20-,23-,24?,25-,26+/m0/s1. The predicted molar refractivity (Wildman–Crippen MR) is 126 cm³/mol. The molecular formula is C26H40O3S. The first-order chi connectivity index (χ1) is 14.0. The molecule has 3 fully saturated rings. The first kappa shape index (κ1) is 23.5. The third-order valence-electron chi connectivity index (χ3n) is 8.22. The molecule has 3 aliphatic rings. The summed E-state index contributed by atoms with van der Waals surface area (Å²) >= 11 is 0. The molecule has 168 valence electrons. The Bertz CT molecular complexity index is 848. The van der Waals surface area contributed by atoms with Gasteiger partial charge in [-0.1, -0.05) is 55.9 Å². The summed E-state index contributed by atoms with van der Waals surface area (Å²) in [4.78, 5) is 0. The van der Waals surface area contributed by atoms with Crippen molar-refractivity contribution in [3.63, 3.8) is 0 Å². The fourth-order valence-electron chi connectivity index (χ4n) is 6.15. The molecule has 0 aromatic rings. The van der Waals surface area contributed by atoms with Gasteiger partial charge in [0.05, 0.1) is 11.4 Å². The molecular weight excluding hydrogens is 392 g/mol. The van der Waals surface area contributed by atoms with Gasteiger partial charge in [0.15, 0.2) is 9.84 Å². The van der Waals surface area contributed by atoms with Crippen molar-refractivity contribution in [1.29, 1.82) is 0 Å². The minimum Gasteiger partial charge on any atom is -0.393 e. The van der Waals surface area contributed by atoms with Crippen LogP contribution in [0.1, 0.15) is 72.1 Å². The van der Waals surface area contributed by atoms with E-state index in [4.69, 9.17) is 0 Å². The van der Waals surface area contributed by atoms with Crippen LogP contribution in [0.15, 0.2) is 47.6 Å². The van der Waals surface area contributed by atoms with E-state index >= 15 is 0 Å². The molecule has 0 bridgehead atoms. The van der Waals surface area contributed by atoms with E-state index in [0.29, 0.717) is 17.8 Å². The van der Waals surface area contributed by atoms with E-state index in [1.54, 1.807) is 12.5 Å². The summed E-state index contributed by atoms with van der Waals surface area (Å²) in [5.74, 6) is 1.58. The molecule has 2 unspecified atom stereocenters. The summed E-state index contributed by atoms with van der Waals surface area (Å²) in [6.07, 6.45) is 18.2. The number of rotatable bonds is 5. The Kier molecular flexibility index (Phi) is 7.18. The summed E-state index contributed by atoms with van der Waals surface area (Å²) in [7, 11) is -3.02. The van der Waals surface area contributed by atoms with Crippen LogP contribution in [-0.2, 0) is 9.84 Å². The molecule has 3 saturated carbocycles. The van der Waals surface area contributed by atoms with Crippen LogP contribution in [0.25, 0.3) is 0 Å². The smallest absolute Gasteiger partial charge is 0.153 e. The lowest BCUT2D eigenvalue weighted by atomic mass is 9.61. The van der Waals surface area contributed by atoms with Crippen LogP contribution in [0, 0.1) is 23.2 Å². The van der Waals surface area contributed by atoms with Gasteiger partial charge in [-0.15, -0.1) is 0 Å². The second-order valence-electron chi connectivity index (χ2n) is 10.3. The number of allylic oxidation sites excluding steroid dienone is 5. The van der Waals surface area contributed by atoms with E-state index in [1.807, 2.05) is 6.08 Å². The van der Waals surface area contributed by atoms with Crippen LogP contribution in [0.5, 0.6) is 0 Å². The highest BCUT2D eigenvalue weighted by Gasteiger charge is 2.50. The number of hydrogen-bond acceptors (Lipinski definition) is 3. The van der Waals surface area contributed by atoms with E-state index < -0.39 is 15.1 Å². The van der Waals surface area contributed by atoms with Crippen LogP contribution < -0.4 is 0 Å². The quantitative estimate of drug-likeness (QED) is 0.560. The van der Waals surface area contributed by atoms with Gasteiger partial charge >= 0.3 is 0 Å². The maximum atomic E-state index is 11.8. The van der Waals surface area contributed by atoms with Gasteiger partial charge in [-0.05, 0) is 87.0 Å². The summed E-state index contributed by atoms with van der Waals surface area (Å²) in [6, 6.07) is 0. The van der Waals surface area contributed by atoms with Crippen molar-refractivity contribution >= 4 is 9.84 Å². The molecule has 3 aliphatic carbocycles. The SMILES string of the molecule is C=C1CC[C@H](O)C/C1=C/C=C1\CCC[C@]2(C)C(C(C)/C=C/[C@H](C)S(C)(=O)=O)CC[C@@H]12. The molecule has 30 heavy (non-hydrogen) atoms. The Labute approximate surface area is 184 Å². The highest BCUT2D eigenvalue weighted by Crippen LogP contribution is 2.59. The zero-order chi connectivity index (χ0) is 22.1. The van der Waals surface area contributed by atoms with Crippen LogP contribution >= 0.6 is 0 Å². The van der Waals surface area contributed by atoms with Crippen LogP contribution in [0.3, 0.4) is 0 Å². The van der Waals surface area contributed by atoms with Gasteiger partial charge in [-0.2, -0.15) is 0 Å². The molecule has 0 saturated heterocycles. The Morgan fingerprint density at radius 2 is 1.87 bits per heavy atom. The lowest BCUT2D eigenvalue weighted by Crippen LogP contribution is -2.35. The molecule has 4 heteroatoms. The van der Waals surface area contributed by atoms with Gasteiger partial charge in [0.25, 0.3) is 0 Å². The molecule has 0 spiro atoms. The summed E-state index contributed by atoms with van der Waals surface area (Å²) < 4.78 is 23.5. The molecule has 0 amide bonds. The van der Waals surface area contributed by atoms with Gasteiger partial charge < -0.3 is 5.11 Å². The minimum atomic E-state index is -3.02. The van der Waals surface area contributed by atoms with E-state index in [9.17, 15) is 13.5 Å². The van der Waals surface area contributed by atoms with Crippen molar-refractivity contribution in [3.8, 4) is 0 Å². The monoisotopic (exact) mass is 432 g/mol. The Hall–Kier alpha value is -1.13. The zero-order valence-electron chi connectivity index (χ0n) is 19.2. The molecule has 3 nitrogen and oxygen atoms in total. The van der Waals surface area contributed by atoms with E-state index in [1.165, 1.54) is 49.5 Å². The summed E-state index contributed by atoms with van der Waals surface area (Å²) in [5, 5.41) is 9.60. The lowest BCUT2D eigenvalue weighted by molar-refractivity contribution is 0.112. The number of sulfone groups is 1. The maximum Gasteiger partial charge on any atom is 0.153 e. The average molecular weight is 433 g/mol. The highest BCUT2D eigenvalue weighted by molar-refractivity contribution is 7.91. The number of aliphatic hydroxyl groups is 1. The van der Waals surface area contributed by atoms with E-state index in [-0.39, 0.29) is 11.5 Å². The first-order valence-electron chi connectivity index (χ1n) is 11.7. The van der Waals surface area contributed by atoms with E-state index in [0.717, 1.165) is 19.3 Å². The van der Waals surface area contributed by atoms with Crippen molar-refractivity contribution in [2.75, 3.05) is 6.26 Å². The van der Waals surface area contributed by atoms with Crippen LogP contribution in [-0.4, -0.2) is 31.1 Å². The molecule has 0 radical (unpaired) electrons. The second kappa shape index (κ2) is 9.16. The van der Waals surface area contributed by atoms with Crippen LogP contribution in [0.4, 0.5) is 0 Å². The molecule has 0 heterocycles. The Morgan fingerprint density at radius 3 is 2.57 bits per heavy atom. The van der Waals surface area contributed by atoms with Crippen molar-refractivity contribution in [2.45, 2.75) is 83.5 Å². The van der Waals surface area contributed by atoms with Crippen molar-refractivity contribution in [3.05, 3.63) is 47.6 Å². The Balaban J connectivity index is 1.76. The van der Waals surface area contributed by atoms with Crippen molar-refractivity contribution < 1.29 is 13.5 Å². The van der Waals surface area contributed by atoms with Gasteiger partial charge in [-0.25, -0.2) is 8.42 Å². The summed E-state index contributed by atoms with van der Waals surface area (Å²) in [6.45, 7) is 10.7. The van der Waals surface area contributed by atoms with Gasteiger partial charge in [0, 0.05) is 6.26 Å². The Morgan fingerprint density at radius 1 is 1.13 bits per heavy atom. The third-order valence-corrected chi connectivity index (χ3v) is 9.73. The van der Waals surface area contributed by atoms with E-state index in [2.05, 4.69) is 38.7 Å². The van der Waals surface area contributed by atoms with Gasteiger partial charge in [0.1, 0.15) is 0 Å². The largest absolute Gasteiger partial charge is 0.393 e. The normalized spacial score (nSPS) is 37.6. The zero-order valence-corrected chi connectivity index (χ0v) is 20.0. The molecule has 0 aliphatic heterocycles. The molecule has 6 atom stereocenters. The molecule has 0 aromatic heterocycles. The minimum absolute atomic E-state index is 0.227. The fourth-order valence-corrected chi connectivity index (χ4v) is 6.52. The first-order valence-corrected chi connectivity index (χ1v) is 13.6. The fraction of sp³-hybridized carbons (Fsp3) is 0.692. The predicted octanol–water partition coefficient (Wildman–Crippen LogP) is 5.78. The number of aliphatic hydroxyl groups excluding tert-OH is 1. The molecule has 3 rings (SSSR count). The maximum absolute atomic E-state index is 11.8. The molecule has 1 N–H and O–H groups in total.